The van der Waals surface area contributed by atoms with Crippen molar-refractivity contribution in [2.24, 2.45) is 0 Å². The van der Waals surface area contributed by atoms with Crippen LogP contribution in [0.25, 0.3) is 0 Å². The van der Waals surface area contributed by atoms with Gasteiger partial charge in [0.1, 0.15) is 0 Å². The highest BCUT2D eigenvalue weighted by Crippen LogP contribution is 2.13. The first-order chi connectivity index (χ1) is 11.8. The van der Waals surface area contributed by atoms with E-state index in [1.54, 1.807) is 26.0 Å². The molecule has 0 fully saturated rings. The maximum Gasteiger partial charge on any atom is 0.216 e. The van der Waals surface area contributed by atoms with E-state index in [-0.39, 0.29) is 11.8 Å². The molecular weight excluding hydrogens is 346 g/mol. The van der Waals surface area contributed by atoms with Gasteiger partial charge in [0.25, 0.3) is 0 Å². The average Bonchev–Trinajstić information content (AvgIpc) is 2.51. The van der Waals surface area contributed by atoms with Gasteiger partial charge in [-0.15, -0.1) is 0 Å². The van der Waals surface area contributed by atoms with Crippen LogP contribution in [0, 0.1) is 11.6 Å². The molecule has 0 aliphatic carbocycles. The molecule has 2 N–H and O–H groups in total. The highest BCUT2D eigenvalue weighted by atomic mass is 32.2. The largest absolute Gasteiger partial charge is 0.309 e. The van der Waals surface area contributed by atoms with Crippen LogP contribution in [-0.4, -0.2) is 14.5 Å². The van der Waals surface area contributed by atoms with E-state index in [1.165, 1.54) is 6.07 Å². The monoisotopic (exact) mass is 368 g/mol. The maximum atomic E-state index is 13.2. The molecule has 0 bridgehead atoms. The normalized spacial score (nSPS) is 11.9. The van der Waals surface area contributed by atoms with Crippen molar-refractivity contribution in [3.05, 3.63) is 70.8 Å². The fraction of sp³-hybridized carbons (Fsp3) is 0.333. The molecule has 0 aromatic heterocycles. The Hall–Kier alpha value is -1.83. The third-order valence-corrected chi connectivity index (χ3v) is 5.03. The van der Waals surface area contributed by atoms with Gasteiger partial charge in [0.15, 0.2) is 11.6 Å². The van der Waals surface area contributed by atoms with Crippen molar-refractivity contribution in [1.82, 2.24) is 10.0 Å². The summed E-state index contributed by atoms with van der Waals surface area (Å²) in [6.45, 7) is 4.31. The number of halogens is 2. The molecule has 0 saturated heterocycles. The summed E-state index contributed by atoms with van der Waals surface area (Å²) in [7, 11) is -3.41. The second-order valence-electron chi connectivity index (χ2n) is 6.15. The highest BCUT2D eigenvalue weighted by Gasteiger charge is 2.15. The van der Waals surface area contributed by atoms with E-state index in [0.29, 0.717) is 24.2 Å². The van der Waals surface area contributed by atoms with Crippen LogP contribution in [0.3, 0.4) is 0 Å². The lowest BCUT2D eigenvalue weighted by Crippen LogP contribution is -2.31. The van der Waals surface area contributed by atoms with Crippen molar-refractivity contribution in [3.63, 3.8) is 0 Å². The average molecular weight is 368 g/mol. The predicted molar refractivity (Wildman–Crippen MR) is 94.2 cm³/mol. The van der Waals surface area contributed by atoms with E-state index >= 15 is 0 Å². The van der Waals surface area contributed by atoms with Gasteiger partial charge in [-0.1, -0.05) is 30.3 Å². The van der Waals surface area contributed by atoms with Crippen LogP contribution >= 0.6 is 0 Å². The van der Waals surface area contributed by atoms with Gasteiger partial charge in [-0.2, -0.15) is 0 Å². The Morgan fingerprint density at radius 1 is 0.960 bits per heavy atom. The minimum absolute atomic E-state index is 0.103. The maximum absolute atomic E-state index is 13.2. The molecule has 0 spiro atoms. The van der Waals surface area contributed by atoms with Crippen LogP contribution in [-0.2, 0) is 28.9 Å². The molecule has 2 rings (SSSR count). The lowest BCUT2D eigenvalue weighted by Gasteiger charge is -2.13. The molecule has 0 atom stereocenters. The van der Waals surface area contributed by atoms with Crippen LogP contribution in [0.4, 0.5) is 8.78 Å². The summed E-state index contributed by atoms with van der Waals surface area (Å²) in [5.41, 5.74) is 2.16. The zero-order valence-electron chi connectivity index (χ0n) is 14.2. The minimum atomic E-state index is -3.41. The molecule has 0 saturated carbocycles. The summed E-state index contributed by atoms with van der Waals surface area (Å²) in [6.07, 6.45) is 0. The Kier molecular flexibility index (Phi) is 6.64. The van der Waals surface area contributed by atoms with Crippen molar-refractivity contribution in [2.75, 3.05) is 0 Å². The Bertz CT molecular complexity index is 824. The third-order valence-electron chi connectivity index (χ3n) is 3.51. The van der Waals surface area contributed by atoms with Crippen LogP contribution in [0.1, 0.15) is 30.5 Å². The van der Waals surface area contributed by atoms with E-state index < -0.39 is 21.7 Å². The van der Waals surface area contributed by atoms with Gasteiger partial charge in [-0.3, -0.25) is 0 Å². The summed E-state index contributed by atoms with van der Waals surface area (Å²) < 4.78 is 52.9. The number of rotatable bonds is 8. The summed E-state index contributed by atoms with van der Waals surface area (Å²) >= 11 is 0. The van der Waals surface area contributed by atoms with Gasteiger partial charge in [-0.05, 0) is 42.7 Å². The predicted octanol–water partition coefficient (Wildman–Crippen LogP) is 3.08. The Morgan fingerprint density at radius 3 is 2.28 bits per heavy atom. The van der Waals surface area contributed by atoms with E-state index in [2.05, 4.69) is 10.0 Å². The Morgan fingerprint density at radius 2 is 1.64 bits per heavy atom. The molecule has 0 unspecified atom stereocenters. The summed E-state index contributed by atoms with van der Waals surface area (Å²) in [6, 6.07) is 10.8. The van der Waals surface area contributed by atoms with E-state index in [9.17, 15) is 17.2 Å². The molecule has 2 aromatic rings. The lowest BCUT2D eigenvalue weighted by atomic mass is 10.1. The van der Waals surface area contributed by atoms with Crippen molar-refractivity contribution >= 4 is 10.0 Å². The number of sulfonamides is 1. The summed E-state index contributed by atoms with van der Waals surface area (Å²) in [4.78, 5) is 0. The smallest absolute Gasteiger partial charge is 0.216 e. The first-order valence-corrected chi connectivity index (χ1v) is 9.63. The topological polar surface area (TPSA) is 58.2 Å². The van der Waals surface area contributed by atoms with Crippen molar-refractivity contribution in [2.45, 2.75) is 38.7 Å². The number of benzene rings is 2. The zero-order chi connectivity index (χ0) is 18.4. The van der Waals surface area contributed by atoms with E-state index in [1.807, 2.05) is 12.1 Å². The van der Waals surface area contributed by atoms with E-state index in [4.69, 9.17) is 0 Å². The molecule has 0 aliphatic rings. The molecule has 2 aromatic carbocycles. The molecule has 25 heavy (non-hydrogen) atoms. The SMILES string of the molecule is CC(C)NS(=O)(=O)Cc1ccccc1CNCc1ccc(F)c(F)c1. The number of nitrogens with one attached hydrogen (secondary N) is 2. The minimum Gasteiger partial charge on any atom is -0.309 e. The molecule has 0 heterocycles. The zero-order valence-corrected chi connectivity index (χ0v) is 15.0. The second-order valence-corrected chi connectivity index (χ2v) is 7.91. The van der Waals surface area contributed by atoms with Gasteiger partial charge in [0, 0.05) is 19.1 Å². The van der Waals surface area contributed by atoms with Crippen LogP contribution in [0.2, 0.25) is 0 Å². The van der Waals surface area contributed by atoms with Crippen LogP contribution in [0.5, 0.6) is 0 Å². The molecule has 7 heteroatoms. The molecule has 136 valence electrons. The third kappa shape index (κ3) is 6.19. The quantitative estimate of drug-likeness (QED) is 0.753. The first-order valence-electron chi connectivity index (χ1n) is 7.98. The van der Waals surface area contributed by atoms with E-state index in [0.717, 1.165) is 17.7 Å². The molecule has 4 nitrogen and oxygen atoms in total. The fourth-order valence-corrected chi connectivity index (χ4v) is 3.96. The molecular formula is C18H22F2N2O2S. The fourth-order valence-electron chi connectivity index (χ4n) is 2.47. The molecule has 0 radical (unpaired) electrons. The summed E-state index contributed by atoms with van der Waals surface area (Å²) in [5.74, 6) is -1.86. The molecule has 0 aliphatic heterocycles. The number of hydrogen-bond acceptors (Lipinski definition) is 3. The standard InChI is InChI=1S/C18H22F2N2O2S/c1-13(2)22-25(23,24)12-16-6-4-3-5-15(16)11-21-10-14-7-8-17(19)18(20)9-14/h3-9,13,21-22H,10-12H2,1-2H3. The Balaban J connectivity index is 2.01. The molecule has 0 amide bonds. The lowest BCUT2D eigenvalue weighted by molar-refractivity contribution is 0.506. The van der Waals surface area contributed by atoms with Gasteiger partial charge in [0.05, 0.1) is 5.75 Å². The van der Waals surface area contributed by atoms with Crippen molar-refractivity contribution in [1.29, 1.82) is 0 Å². The second kappa shape index (κ2) is 8.51. The first kappa shape index (κ1) is 19.5. The highest BCUT2D eigenvalue weighted by molar-refractivity contribution is 7.88. The van der Waals surface area contributed by atoms with Gasteiger partial charge >= 0.3 is 0 Å². The van der Waals surface area contributed by atoms with Crippen LogP contribution in [0.15, 0.2) is 42.5 Å². The van der Waals surface area contributed by atoms with Crippen LogP contribution < -0.4 is 10.0 Å². The number of hydrogen-bond donors (Lipinski definition) is 2. The van der Waals surface area contributed by atoms with Gasteiger partial charge < -0.3 is 5.32 Å². The van der Waals surface area contributed by atoms with Crippen molar-refractivity contribution < 1.29 is 17.2 Å². The van der Waals surface area contributed by atoms with Crippen molar-refractivity contribution in [3.8, 4) is 0 Å². The Labute approximate surface area is 147 Å². The summed E-state index contributed by atoms with van der Waals surface area (Å²) in [5, 5.41) is 3.13. The van der Waals surface area contributed by atoms with Gasteiger partial charge in [-0.25, -0.2) is 21.9 Å². The van der Waals surface area contributed by atoms with Gasteiger partial charge in [0.2, 0.25) is 10.0 Å².